The summed E-state index contributed by atoms with van der Waals surface area (Å²) >= 11 is 0. The molecule has 0 aliphatic carbocycles. The van der Waals surface area contributed by atoms with Crippen molar-refractivity contribution < 1.29 is 17.2 Å². The molecule has 6 heteroatoms. The third-order valence-corrected chi connectivity index (χ3v) is 5.72. The topological polar surface area (TPSA) is 57.9 Å². The van der Waals surface area contributed by atoms with E-state index < -0.39 is 21.2 Å². The van der Waals surface area contributed by atoms with E-state index in [-0.39, 0.29) is 15.6 Å². The molecule has 0 fully saturated rings. The second-order valence-electron chi connectivity index (χ2n) is 5.68. The summed E-state index contributed by atoms with van der Waals surface area (Å²) in [5.41, 5.74) is 1.03. The van der Waals surface area contributed by atoms with Crippen molar-refractivity contribution in [3.05, 3.63) is 95.1 Å². The van der Waals surface area contributed by atoms with Gasteiger partial charge in [-0.15, -0.1) is 0 Å². The molecular weight excluding hydrogens is 368 g/mol. The van der Waals surface area contributed by atoms with Gasteiger partial charge in [0.1, 0.15) is 23.3 Å². The van der Waals surface area contributed by atoms with Crippen LogP contribution in [-0.2, 0) is 9.84 Å². The second kappa shape index (κ2) is 7.52. The predicted octanol–water partition coefficient (Wildman–Crippen LogP) is 4.84. The predicted molar refractivity (Wildman–Crippen MR) is 98.3 cm³/mol. The summed E-state index contributed by atoms with van der Waals surface area (Å²) in [5.74, 6) is -1.20. The van der Waals surface area contributed by atoms with Gasteiger partial charge in [0.25, 0.3) is 0 Å². The van der Waals surface area contributed by atoms with Gasteiger partial charge < -0.3 is 0 Å². The Morgan fingerprint density at radius 2 is 1.37 bits per heavy atom. The van der Waals surface area contributed by atoms with Crippen LogP contribution in [0.1, 0.15) is 16.7 Å². The van der Waals surface area contributed by atoms with Crippen molar-refractivity contribution in [1.82, 2.24) is 0 Å². The first-order valence-electron chi connectivity index (χ1n) is 7.89. The van der Waals surface area contributed by atoms with Crippen LogP contribution in [0, 0.1) is 23.0 Å². The van der Waals surface area contributed by atoms with Crippen molar-refractivity contribution in [3.63, 3.8) is 0 Å². The van der Waals surface area contributed by atoms with Crippen molar-refractivity contribution in [2.24, 2.45) is 0 Å². The van der Waals surface area contributed by atoms with Crippen LogP contribution < -0.4 is 0 Å². The molecule has 0 saturated carbocycles. The zero-order chi connectivity index (χ0) is 19.4. The van der Waals surface area contributed by atoms with Crippen LogP contribution in [0.15, 0.2) is 76.5 Å². The van der Waals surface area contributed by atoms with E-state index >= 15 is 0 Å². The highest BCUT2D eigenvalue weighted by Crippen LogP contribution is 2.26. The van der Waals surface area contributed by atoms with Crippen LogP contribution in [0.3, 0.4) is 0 Å². The Labute approximate surface area is 155 Å². The third kappa shape index (κ3) is 3.94. The summed E-state index contributed by atoms with van der Waals surface area (Å²) in [5, 5.41) is 9.06. The van der Waals surface area contributed by atoms with E-state index in [9.17, 15) is 17.2 Å². The van der Waals surface area contributed by atoms with E-state index in [0.717, 1.165) is 17.2 Å². The molecule has 0 aliphatic heterocycles. The van der Waals surface area contributed by atoms with E-state index in [0.29, 0.717) is 0 Å². The molecule has 3 aromatic rings. The van der Waals surface area contributed by atoms with Gasteiger partial charge in [0.05, 0.1) is 9.79 Å². The smallest absolute Gasteiger partial charge is 0.208 e. The van der Waals surface area contributed by atoms with Gasteiger partial charge in [-0.3, -0.25) is 0 Å². The molecule has 27 heavy (non-hydrogen) atoms. The molecule has 134 valence electrons. The van der Waals surface area contributed by atoms with Crippen molar-refractivity contribution in [3.8, 4) is 6.07 Å². The molecule has 0 bridgehead atoms. The van der Waals surface area contributed by atoms with Gasteiger partial charge in [-0.1, -0.05) is 42.5 Å². The normalized spacial score (nSPS) is 11.4. The standard InChI is InChI=1S/C21H13F2NO2S/c22-17-10-6-15(7-11-17)4-5-16-8-12-18(13-9-16)27(25,26)21-3-1-2-20(23)19(21)14-24/h1-13H. The van der Waals surface area contributed by atoms with Gasteiger partial charge in [-0.2, -0.15) is 5.26 Å². The SMILES string of the molecule is N#Cc1c(F)cccc1S(=O)(=O)c1ccc(C=Cc2ccc(F)cc2)cc1. The van der Waals surface area contributed by atoms with Gasteiger partial charge in [-0.05, 0) is 47.5 Å². The van der Waals surface area contributed by atoms with Crippen molar-refractivity contribution in [2.75, 3.05) is 0 Å². The number of benzene rings is 3. The van der Waals surface area contributed by atoms with Gasteiger partial charge in [0, 0.05) is 0 Å². The Morgan fingerprint density at radius 1 is 0.815 bits per heavy atom. The number of hydrogen-bond acceptors (Lipinski definition) is 3. The Bertz CT molecular complexity index is 1140. The monoisotopic (exact) mass is 381 g/mol. The largest absolute Gasteiger partial charge is 0.218 e. The van der Waals surface area contributed by atoms with E-state index in [4.69, 9.17) is 5.26 Å². The molecular formula is C21H13F2NO2S. The van der Waals surface area contributed by atoms with Gasteiger partial charge in [0.15, 0.2) is 0 Å². The summed E-state index contributed by atoms with van der Waals surface area (Å²) < 4.78 is 52.1. The average Bonchev–Trinajstić information content (AvgIpc) is 2.67. The summed E-state index contributed by atoms with van der Waals surface area (Å²) in [7, 11) is -4.02. The van der Waals surface area contributed by atoms with E-state index in [1.54, 1.807) is 42.5 Å². The van der Waals surface area contributed by atoms with E-state index in [2.05, 4.69) is 0 Å². The fourth-order valence-electron chi connectivity index (χ4n) is 2.49. The van der Waals surface area contributed by atoms with Crippen LogP contribution in [0.5, 0.6) is 0 Å². The lowest BCUT2D eigenvalue weighted by Gasteiger charge is -2.07. The Morgan fingerprint density at radius 3 is 1.93 bits per heavy atom. The van der Waals surface area contributed by atoms with Crippen LogP contribution in [-0.4, -0.2) is 8.42 Å². The minimum absolute atomic E-state index is 0.0384. The maximum absolute atomic E-state index is 13.7. The van der Waals surface area contributed by atoms with Gasteiger partial charge in [0.2, 0.25) is 9.84 Å². The molecule has 0 N–H and O–H groups in total. The fraction of sp³-hybridized carbons (Fsp3) is 0. The molecule has 0 spiro atoms. The third-order valence-electron chi connectivity index (χ3n) is 3.91. The van der Waals surface area contributed by atoms with Crippen molar-refractivity contribution >= 4 is 22.0 Å². The number of nitriles is 1. The zero-order valence-corrected chi connectivity index (χ0v) is 14.7. The average molecular weight is 381 g/mol. The molecule has 0 aliphatic rings. The number of nitrogens with zero attached hydrogens (tertiary/aromatic N) is 1. The Kier molecular flexibility index (Phi) is 5.15. The van der Waals surface area contributed by atoms with Crippen molar-refractivity contribution in [2.45, 2.75) is 9.79 Å². The lowest BCUT2D eigenvalue weighted by molar-refractivity contribution is 0.589. The minimum atomic E-state index is -4.02. The van der Waals surface area contributed by atoms with E-state index in [1.165, 1.54) is 36.4 Å². The van der Waals surface area contributed by atoms with Crippen LogP contribution in [0.4, 0.5) is 8.78 Å². The molecule has 3 nitrogen and oxygen atoms in total. The van der Waals surface area contributed by atoms with Crippen LogP contribution in [0.2, 0.25) is 0 Å². The first kappa shape index (κ1) is 18.5. The quantitative estimate of drug-likeness (QED) is 0.608. The first-order valence-corrected chi connectivity index (χ1v) is 9.37. The summed E-state index contributed by atoms with van der Waals surface area (Å²) in [6.07, 6.45) is 3.52. The Hall–Kier alpha value is -3.30. The maximum atomic E-state index is 13.7. The van der Waals surface area contributed by atoms with E-state index in [1.807, 2.05) is 0 Å². The van der Waals surface area contributed by atoms with Crippen LogP contribution >= 0.6 is 0 Å². The van der Waals surface area contributed by atoms with Gasteiger partial charge in [-0.25, -0.2) is 17.2 Å². The molecule has 0 unspecified atom stereocenters. The summed E-state index contributed by atoms with van der Waals surface area (Å²) in [6.45, 7) is 0. The molecule has 3 aromatic carbocycles. The highest BCUT2D eigenvalue weighted by Gasteiger charge is 2.23. The molecule has 0 atom stereocenters. The second-order valence-corrected chi connectivity index (χ2v) is 7.60. The number of sulfone groups is 1. The lowest BCUT2D eigenvalue weighted by atomic mass is 10.1. The maximum Gasteiger partial charge on any atom is 0.208 e. The first-order chi connectivity index (χ1) is 12.9. The van der Waals surface area contributed by atoms with Crippen LogP contribution in [0.25, 0.3) is 12.2 Å². The van der Waals surface area contributed by atoms with Gasteiger partial charge >= 0.3 is 0 Å². The number of halogens is 2. The highest BCUT2D eigenvalue weighted by molar-refractivity contribution is 7.91. The number of rotatable bonds is 4. The molecule has 0 radical (unpaired) electrons. The lowest BCUT2D eigenvalue weighted by Crippen LogP contribution is -2.05. The fourth-order valence-corrected chi connectivity index (χ4v) is 3.91. The molecule has 0 aromatic heterocycles. The van der Waals surface area contributed by atoms with Crippen molar-refractivity contribution in [1.29, 1.82) is 5.26 Å². The highest BCUT2D eigenvalue weighted by atomic mass is 32.2. The molecule has 3 rings (SSSR count). The molecule has 0 heterocycles. The number of hydrogen-bond donors (Lipinski definition) is 0. The summed E-state index contributed by atoms with van der Waals surface area (Å²) in [6, 6.07) is 17.0. The molecule has 0 saturated heterocycles. The molecule has 0 amide bonds. The summed E-state index contributed by atoms with van der Waals surface area (Å²) in [4.78, 5) is -0.400. The minimum Gasteiger partial charge on any atom is -0.218 e. The Balaban J connectivity index is 1.90. The zero-order valence-electron chi connectivity index (χ0n) is 13.9.